The first-order valence-electron chi connectivity index (χ1n) is 9.63. The Labute approximate surface area is 175 Å². The summed E-state index contributed by atoms with van der Waals surface area (Å²) in [6.07, 6.45) is 1.08. The van der Waals surface area contributed by atoms with Crippen LogP contribution in [-0.4, -0.2) is 32.8 Å². The second-order valence-corrected chi connectivity index (χ2v) is 7.97. The Morgan fingerprint density at radius 1 is 1.18 bits per heavy atom. The second-order valence-electron chi connectivity index (χ2n) is 7.06. The quantitative estimate of drug-likeness (QED) is 0.498. The van der Waals surface area contributed by atoms with Gasteiger partial charge in [0.05, 0.1) is 13.2 Å². The summed E-state index contributed by atoms with van der Waals surface area (Å²) in [7, 11) is 1.78. The standard InChI is InChI=1S/C22H28BrN3O2/c1-16-3-6-19(21(11-16)28-15-18-9-10-27-14-18)13-26-22(24-2)25-12-17-4-7-20(23)8-5-17/h3-8,11,18H,9-10,12-15H2,1-2H3,(H2,24,25,26). The van der Waals surface area contributed by atoms with Gasteiger partial charge in [-0.3, -0.25) is 4.99 Å². The number of benzene rings is 2. The van der Waals surface area contributed by atoms with Crippen LogP contribution in [-0.2, 0) is 17.8 Å². The number of nitrogens with zero attached hydrogens (tertiary/aromatic N) is 1. The van der Waals surface area contributed by atoms with Gasteiger partial charge in [-0.15, -0.1) is 0 Å². The van der Waals surface area contributed by atoms with Crippen molar-refractivity contribution < 1.29 is 9.47 Å². The SMILES string of the molecule is CN=C(NCc1ccc(Br)cc1)NCc1ccc(C)cc1OCC1CCOC1. The van der Waals surface area contributed by atoms with E-state index in [1.807, 2.05) is 12.1 Å². The summed E-state index contributed by atoms with van der Waals surface area (Å²) in [6, 6.07) is 14.6. The molecule has 6 heteroatoms. The maximum atomic E-state index is 6.12. The average Bonchev–Trinajstić information content (AvgIpc) is 3.22. The van der Waals surface area contributed by atoms with Gasteiger partial charge in [0.15, 0.2) is 5.96 Å². The molecule has 0 amide bonds. The van der Waals surface area contributed by atoms with E-state index in [2.05, 4.69) is 68.8 Å². The van der Waals surface area contributed by atoms with Crippen LogP contribution < -0.4 is 15.4 Å². The van der Waals surface area contributed by atoms with Crippen LogP contribution in [0.15, 0.2) is 51.9 Å². The van der Waals surface area contributed by atoms with E-state index in [-0.39, 0.29) is 0 Å². The third-order valence-corrected chi connectivity index (χ3v) is 5.29. The number of nitrogens with one attached hydrogen (secondary N) is 2. The molecular weight excluding hydrogens is 418 g/mol. The number of hydrogen-bond donors (Lipinski definition) is 2. The monoisotopic (exact) mass is 445 g/mol. The smallest absolute Gasteiger partial charge is 0.191 e. The summed E-state index contributed by atoms with van der Waals surface area (Å²) in [5, 5.41) is 6.73. The van der Waals surface area contributed by atoms with Crippen LogP contribution in [0.1, 0.15) is 23.1 Å². The molecule has 28 heavy (non-hydrogen) atoms. The van der Waals surface area contributed by atoms with Crippen molar-refractivity contribution in [3.63, 3.8) is 0 Å². The molecule has 1 atom stereocenters. The van der Waals surface area contributed by atoms with Crippen LogP contribution in [0.2, 0.25) is 0 Å². The van der Waals surface area contributed by atoms with Gasteiger partial charge < -0.3 is 20.1 Å². The van der Waals surface area contributed by atoms with Crippen LogP contribution >= 0.6 is 15.9 Å². The van der Waals surface area contributed by atoms with Crippen molar-refractivity contribution in [1.82, 2.24) is 10.6 Å². The largest absolute Gasteiger partial charge is 0.493 e. The lowest BCUT2D eigenvalue weighted by Gasteiger charge is -2.17. The van der Waals surface area contributed by atoms with Gasteiger partial charge >= 0.3 is 0 Å². The number of halogens is 1. The fourth-order valence-corrected chi connectivity index (χ4v) is 3.32. The molecule has 1 aliphatic heterocycles. The molecule has 0 spiro atoms. The minimum atomic E-state index is 0.488. The highest BCUT2D eigenvalue weighted by molar-refractivity contribution is 9.10. The van der Waals surface area contributed by atoms with Crippen LogP contribution in [0.5, 0.6) is 5.75 Å². The van der Waals surface area contributed by atoms with Crippen LogP contribution in [0.25, 0.3) is 0 Å². The maximum absolute atomic E-state index is 6.12. The normalized spacial score (nSPS) is 16.8. The molecule has 2 N–H and O–H groups in total. The minimum Gasteiger partial charge on any atom is -0.493 e. The number of ether oxygens (including phenoxy) is 2. The van der Waals surface area contributed by atoms with Crippen molar-refractivity contribution in [3.05, 3.63) is 63.6 Å². The third kappa shape index (κ3) is 6.24. The number of guanidine groups is 1. The van der Waals surface area contributed by atoms with E-state index >= 15 is 0 Å². The zero-order chi connectivity index (χ0) is 19.8. The predicted molar refractivity (Wildman–Crippen MR) is 117 cm³/mol. The highest BCUT2D eigenvalue weighted by Crippen LogP contribution is 2.22. The third-order valence-electron chi connectivity index (χ3n) is 4.76. The first-order chi connectivity index (χ1) is 13.6. The zero-order valence-corrected chi connectivity index (χ0v) is 18.1. The Morgan fingerprint density at radius 2 is 1.96 bits per heavy atom. The van der Waals surface area contributed by atoms with Crippen LogP contribution in [0.4, 0.5) is 0 Å². The molecule has 2 aromatic carbocycles. The van der Waals surface area contributed by atoms with E-state index in [9.17, 15) is 0 Å². The molecule has 0 aromatic heterocycles. The minimum absolute atomic E-state index is 0.488. The predicted octanol–water partition coefficient (Wildman–Crippen LogP) is 4.04. The molecule has 0 saturated carbocycles. The van der Waals surface area contributed by atoms with Gasteiger partial charge in [0.2, 0.25) is 0 Å². The van der Waals surface area contributed by atoms with E-state index in [1.165, 1.54) is 11.1 Å². The fraction of sp³-hybridized carbons (Fsp3) is 0.409. The van der Waals surface area contributed by atoms with E-state index in [4.69, 9.17) is 9.47 Å². The van der Waals surface area contributed by atoms with Crippen molar-refractivity contribution in [2.75, 3.05) is 26.9 Å². The summed E-state index contributed by atoms with van der Waals surface area (Å²) >= 11 is 3.46. The summed E-state index contributed by atoms with van der Waals surface area (Å²) in [5.41, 5.74) is 3.51. The molecule has 1 unspecified atom stereocenters. The van der Waals surface area contributed by atoms with E-state index in [0.717, 1.165) is 41.4 Å². The second kappa shape index (κ2) is 10.5. The van der Waals surface area contributed by atoms with Gasteiger partial charge in [-0.25, -0.2) is 0 Å². The van der Waals surface area contributed by atoms with Crippen molar-refractivity contribution in [2.45, 2.75) is 26.4 Å². The molecule has 150 valence electrons. The van der Waals surface area contributed by atoms with Gasteiger partial charge in [-0.05, 0) is 42.7 Å². The summed E-state index contributed by atoms with van der Waals surface area (Å²) in [5.74, 6) is 2.18. The molecule has 1 fully saturated rings. The van der Waals surface area contributed by atoms with Gasteiger partial charge in [0.1, 0.15) is 5.75 Å². The fourth-order valence-electron chi connectivity index (χ4n) is 3.05. The van der Waals surface area contributed by atoms with Crippen LogP contribution in [0, 0.1) is 12.8 Å². The maximum Gasteiger partial charge on any atom is 0.191 e. The lowest BCUT2D eigenvalue weighted by Crippen LogP contribution is -2.36. The Balaban J connectivity index is 1.54. The molecular formula is C22H28BrN3O2. The molecule has 0 radical (unpaired) electrons. The first-order valence-corrected chi connectivity index (χ1v) is 10.4. The number of rotatable bonds is 7. The molecule has 2 aromatic rings. The Hall–Kier alpha value is -2.05. The Bertz CT molecular complexity index is 787. The zero-order valence-electron chi connectivity index (χ0n) is 16.5. The molecule has 0 aliphatic carbocycles. The molecule has 3 rings (SSSR count). The summed E-state index contributed by atoms with van der Waals surface area (Å²) < 4.78 is 12.6. The molecule has 5 nitrogen and oxygen atoms in total. The lowest BCUT2D eigenvalue weighted by atomic mass is 10.1. The summed E-state index contributed by atoms with van der Waals surface area (Å²) in [6.45, 7) is 5.79. The Kier molecular flexibility index (Phi) is 7.74. The van der Waals surface area contributed by atoms with Crippen molar-refractivity contribution in [2.24, 2.45) is 10.9 Å². The average molecular weight is 446 g/mol. The molecule has 1 saturated heterocycles. The van der Waals surface area contributed by atoms with Gasteiger partial charge in [-0.2, -0.15) is 0 Å². The first kappa shape index (κ1) is 20.7. The van der Waals surface area contributed by atoms with E-state index in [0.29, 0.717) is 25.6 Å². The van der Waals surface area contributed by atoms with Crippen molar-refractivity contribution in [3.8, 4) is 5.75 Å². The highest BCUT2D eigenvalue weighted by atomic mass is 79.9. The van der Waals surface area contributed by atoms with Crippen LogP contribution in [0.3, 0.4) is 0 Å². The van der Waals surface area contributed by atoms with Crippen molar-refractivity contribution in [1.29, 1.82) is 0 Å². The lowest BCUT2D eigenvalue weighted by molar-refractivity contribution is 0.166. The Morgan fingerprint density at radius 3 is 2.68 bits per heavy atom. The topological polar surface area (TPSA) is 54.9 Å². The number of hydrogen-bond acceptors (Lipinski definition) is 3. The van der Waals surface area contributed by atoms with E-state index in [1.54, 1.807) is 7.05 Å². The van der Waals surface area contributed by atoms with Gasteiger partial charge in [0.25, 0.3) is 0 Å². The molecule has 0 bridgehead atoms. The molecule has 1 heterocycles. The van der Waals surface area contributed by atoms with Gasteiger partial charge in [-0.1, -0.05) is 40.2 Å². The van der Waals surface area contributed by atoms with Crippen molar-refractivity contribution >= 4 is 21.9 Å². The van der Waals surface area contributed by atoms with Gasteiger partial charge in [0, 0.05) is 42.7 Å². The molecule has 1 aliphatic rings. The highest BCUT2D eigenvalue weighted by Gasteiger charge is 2.17. The van der Waals surface area contributed by atoms with E-state index < -0.39 is 0 Å². The summed E-state index contributed by atoms with van der Waals surface area (Å²) in [4.78, 5) is 4.32. The number of aliphatic imine (C=N–C) groups is 1. The number of aryl methyl sites for hydroxylation is 1.